The van der Waals surface area contributed by atoms with E-state index in [1.54, 1.807) is 0 Å². The molecule has 4 nitrogen and oxygen atoms in total. The molecule has 0 unspecified atom stereocenters. The number of likely N-dealkylation sites (tertiary alicyclic amines) is 1. The summed E-state index contributed by atoms with van der Waals surface area (Å²) in [7, 11) is 0. The number of aliphatic hydroxyl groups is 1. The van der Waals surface area contributed by atoms with Crippen LogP contribution in [0.15, 0.2) is 30.3 Å². The van der Waals surface area contributed by atoms with E-state index < -0.39 is 5.60 Å². The van der Waals surface area contributed by atoms with E-state index in [2.05, 4.69) is 54.9 Å². The topological polar surface area (TPSA) is 52.1 Å². The Balaban J connectivity index is 1.71. The summed E-state index contributed by atoms with van der Waals surface area (Å²) in [4.78, 5) is 2.30. The van der Waals surface area contributed by atoms with Crippen LogP contribution < -0.4 is 0 Å². The molecule has 0 radical (unpaired) electrons. The zero-order valence-electron chi connectivity index (χ0n) is 14.6. The Morgan fingerprint density at radius 2 is 2.04 bits per heavy atom. The van der Waals surface area contributed by atoms with Crippen molar-refractivity contribution in [1.29, 1.82) is 0 Å². The van der Waals surface area contributed by atoms with E-state index in [-0.39, 0.29) is 5.41 Å². The van der Waals surface area contributed by atoms with Gasteiger partial charge in [0.15, 0.2) is 0 Å². The minimum Gasteiger partial charge on any atom is -0.384 e. The van der Waals surface area contributed by atoms with Gasteiger partial charge in [0.2, 0.25) is 0 Å². The number of rotatable bonds is 3. The van der Waals surface area contributed by atoms with Crippen LogP contribution in [0.3, 0.4) is 0 Å². The van der Waals surface area contributed by atoms with Crippen LogP contribution in [-0.4, -0.2) is 33.3 Å². The molecule has 0 bridgehead atoms. The van der Waals surface area contributed by atoms with Crippen molar-refractivity contribution in [2.24, 2.45) is 0 Å². The summed E-state index contributed by atoms with van der Waals surface area (Å²) in [5.41, 5.74) is 3.74. The monoisotopic (exact) mass is 313 g/mol. The molecule has 0 amide bonds. The van der Waals surface area contributed by atoms with Crippen LogP contribution in [0.1, 0.15) is 49.7 Å². The largest absolute Gasteiger partial charge is 0.384 e. The van der Waals surface area contributed by atoms with E-state index >= 15 is 0 Å². The molecule has 2 N–H and O–H groups in total. The minimum absolute atomic E-state index is 0.0572. The van der Waals surface area contributed by atoms with Crippen LogP contribution in [0.4, 0.5) is 0 Å². The lowest BCUT2D eigenvalue weighted by atomic mass is 9.89. The Morgan fingerprint density at radius 3 is 2.70 bits per heavy atom. The van der Waals surface area contributed by atoms with Crippen molar-refractivity contribution in [2.75, 3.05) is 13.1 Å². The van der Waals surface area contributed by atoms with Gasteiger partial charge in [-0.25, -0.2) is 0 Å². The Kier molecular flexibility index (Phi) is 4.07. The van der Waals surface area contributed by atoms with E-state index in [0.29, 0.717) is 6.54 Å². The van der Waals surface area contributed by atoms with Crippen LogP contribution in [0.5, 0.6) is 0 Å². The van der Waals surface area contributed by atoms with Crippen molar-refractivity contribution in [3.8, 4) is 0 Å². The Labute approximate surface area is 138 Å². The first-order valence-electron chi connectivity index (χ1n) is 8.33. The molecule has 0 saturated carbocycles. The molecule has 1 aromatic heterocycles. The number of H-pyrrole nitrogens is 1. The first-order valence-corrected chi connectivity index (χ1v) is 8.33. The minimum atomic E-state index is -0.738. The predicted octanol–water partition coefficient (Wildman–Crippen LogP) is 3.11. The van der Waals surface area contributed by atoms with Crippen molar-refractivity contribution in [3.05, 3.63) is 52.8 Å². The van der Waals surface area contributed by atoms with Crippen molar-refractivity contribution in [1.82, 2.24) is 15.1 Å². The zero-order valence-corrected chi connectivity index (χ0v) is 14.6. The molecule has 1 atom stereocenters. The van der Waals surface area contributed by atoms with Gasteiger partial charge in [-0.15, -0.1) is 0 Å². The average molecular weight is 313 g/mol. The molecule has 0 spiro atoms. The Hall–Kier alpha value is -1.65. The molecule has 1 aliphatic rings. The van der Waals surface area contributed by atoms with Crippen LogP contribution in [0.2, 0.25) is 0 Å². The molecule has 1 aromatic carbocycles. The van der Waals surface area contributed by atoms with E-state index in [9.17, 15) is 5.11 Å². The van der Waals surface area contributed by atoms with Crippen molar-refractivity contribution in [3.63, 3.8) is 0 Å². The second kappa shape index (κ2) is 5.77. The number of aromatic amines is 1. The summed E-state index contributed by atoms with van der Waals surface area (Å²) in [5.74, 6) is 0. The molecule has 2 heterocycles. The summed E-state index contributed by atoms with van der Waals surface area (Å²) >= 11 is 0. The average Bonchev–Trinajstić information content (AvgIpc) is 3.07. The lowest BCUT2D eigenvalue weighted by molar-refractivity contribution is 0.0445. The number of aryl methyl sites for hydroxylation is 1. The molecule has 2 aromatic rings. The van der Waals surface area contributed by atoms with Crippen molar-refractivity contribution >= 4 is 0 Å². The maximum Gasteiger partial charge on any atom is 0.104 e. The molecule has 3 rings (SSSR count). The third kappa shape index (κ3) is 3.33. The van der Waals surface area contributed by atoms with Gasteiger partial charge in [0.05, 0.1) is 5.69 Å². The highest BCUT2D eigenvalue weighted by atomic mass is 16.3. The highest BCUT2D eigenvalue weighted by molar-refractivity contribution is 5.32. The summed E-state index contributed by atoms with van der Waals surface area (Å²) in [6.07, 6.45) is 0.776. The standard InChI is InChI=1S/C19H27N3O/c1-14-7-5-6-8-16(14)19(23)9-10-22(13-19)12-15-11-17(21-20-15)18(2,3)4/h5-8,11,23H,9-10,12-13H2,1-4H3,(H,20,21)/t19-/m1/s1. The van der Waals surface area contributed by atoms with Crippen LogP contribution in [-0.2, 0) is 17.6 Å². The molecule has 124 valence electrons. The molecule has 1 aliphatic heterocycles. The number of aromatic nitrogens is 2. The fraction of sp³-hybridized carbons (Fsp3) is 0.526. The van der Waals surface area contributed by atoms with Crippen LogP contribution in [0.25, 0.3) is 0 Å². The second-order valence-corrected chi connectivity index (χ2v) is 7.84. The summed E-state index contributed by atoms with van der Waals surface area (Å²) in [6, 6.07) is 10.3. The second-order valence-electron chi connectivity index (χ2n) is 7.84. The maximum atomic E-state index is 11.1. The Bertz CT molecular complexity index is 686. The smallest absolute Gasteiger partial charge is 0.104 e. The zero-order chi connectivity index (χ0) is 16.7. The van der Waals surface area contributed by atoms with Gasteiger partial charge in [-0.3, -0.25) is 10.00 Å². The fourth-order valence-electron chi connectivity index (χ4n) is 3.39. The summed E-state index contributed by atoms with van der Waals surface area (Å²) in [6.45, 7) is 10.9. The molecular formula is C19H27N3O. The van der Waals surface area contributed by atoms with Gasteiger partial charge in [-0.1, -0.05) is 45.0 Å². The third-order valence-electron chi connectivity index (χ3n) is 4.77. The highest BCUT2D eigenvalue weighted by Crippen LogP contribution is 2.34. The highest BCUT2D eigenvalue weighted by Gasteiger charge is 2.38. The SMILES string of the molecule is Cc1ccccc1[C@@]1(O)CCN(Cc2cc(C(C)(C)C)n[nH]2)C1. The predicted molar refractivity (Wildman–Crippen MR) is 92.3 cm³/mol. The number of hydrogen-bond acceptors (Lipinski definition) is 3. The number of benzene rings is 1. The fourth-order valence-corrected chi connectivity index (χ4v) is 3.39. The van der Waals surface area contributed by atoms with Gasteiger partial charge in [0.25, 0.3) is 0 Å². The van der Waals surface area contributed by atoms with Crippen molar-refractivity contribution < 1.29 is 5.11 Å². The van der Waals surface area contributed by atoms with E-state index in [1.165, 1.54) is 0 Å². The lowest BCUT2D eigenvalue weighted by Crippen LogP contribution is -2.31. The number of nitrogens with one attached hydrogen (secondary N) is 1. The first-order chi connectivity index (χ1) is 10.8. The van der Waals surface area contributed by atoms with Crippen molar-refractivity contribution in [2.45, 2.75) is 51.7 Å². The summed E-state index contributed by atoms with van der Waals surface area (Å²) in [5, 5.41) is 18.6. The van der Waals surface area contributed by atoms with Gasteiger partial charge in [0, 0.05) is 30.7 Å². The molecular weight excluding hydrogens is 286 g/mol. The van der Waals surface area contributed by atoms with Gasteiger partial charge in [0.1, 0.15) is 5.60 Å². The molecule has 0 aliphatic carbocycles. The Morgan fingerprint density at radius 1 is 1.30 bits per heavy atom. The van der Waals surface area contributed by atoms with Gasteiger partial charge >= 0.3 is 0 Å². The number of β-amino-alcohol motifs (C(OH)–C–C–N with tert-alkyl or cyclic N) is 1. The summed E-state index contributed by atoms with van der Waals surface area (Å²) < 4.78 is 0. The third-order valence-corrected chi connectivity index (χ3v) is 4.77. The molecule has 1 fully saturated rings. The van der Waals surface area contributed by atoms with Gasteiger partial charge < -0.3 is 5.11 Å². The van der Waals surface area contributed by atoms with Gasteiger partial charge in [-0.2, -0.15) is 5.10 Å². The number of hydrogen-bond donors (Lipinski definition) is 2. The maximum absolute atomic E-state index is 11.1. The van der Waals surface area contributed by atoms with E-state index in [4.69, 9.17) is 0 Å². The normalized spacial score (nSPS) is 22.7. The van der Waals surface area contributed by atoms with E-state index in [0.717, 1.165) is 42.0 Å². The quantitative estimate of drug-likeness (QED) is 0.915. The molecule has 23 heavy (non-hydrogen) atoms. The van der Waals surface area contributed by atoms with E-state index in [1.807, 2.05) is 18.2 Å². The molecule has 1 saturated heterocycles. The van der Waals surface area contributed by atoms with Crippen LogP contribution in [0, 0.1) is 6.92 Å². The number of nitrogens with zero attached hydrogens (tertiary/aromatic N) is 2. The van der Waals surface area contributed by atoms with Crippen LogP contribution >= 0.6 is 0 Å². The molecule has 4 heteroatoms. The lowest BCUT2D eigenvalue weighted by Gasteiger charge is -2.25. The van der Waals surface area contributed by atoms with Gasteiger partial charge in [-0.05, 0) is 30.5 Å². The first kappa shape index (κ1) is 16.2.